The molecule has 0 heterocycles. The monoisotopic (exact) mass is 137 g/mol. The van der Waals surface area contributed by atoms with Crippen LogP contribution in [0.5, 0.6) is 0 Å². The third kappa shape index (κ3) is 1.69. The zero-order valence-corrected chi connectivity index (χ0v) is 6.85. The van der Waals surface area contributed by atoms with Crippen LogP contribution in [0.25, 0.3) is 0 Å². The average molecular weight is 137 g/mol. The maximum atomic E-state index is 4.32. The molecule has 0 N–H and O–H groups in total. The zero-order chi connectivity index (χ0) is 7.40. The molecule has 0 aromatic rings. The lowest BCUT2D eigenvalue weighted by atomic mass is 9.98. The molecule has 0 aromatic heterocycles. The topological polar surface area (TPSA) is 12.4 Å². The molecule has 0 aromatic carbocycles. The fraction of sp³-hybridized carbons (Fsp3) is 0.667. The highest BCUT2D eigenvalue weighted by Crippen LogP contribution is 2.24. The summed E-state index contributed by atoms with van der Waals surface area (Å²) in [5.74, 6) is 0. The van der Waals surface area contributed by atoms with Gasteiger partial charge in [0.2, 0.25) is 0 Å². The summed E-state index contributed by atoms with van der Waals surface area (Å²) in [6, 6.07) is 0. The van der Waals surface area contributed by atoms with Gasteiger partial charge in [-0.1, -0.05) is 5.57 Å². The molecular weight excluding hydrogens is 122 g/mol. The Labute approximate surface area is 62.9 Å². The Kier molecular flexibility index (Phi) is 2.67. The first-order valence-electron chi connectivity index (χ1n) is 4.02. The summed E-state index contributed by atoms with van der Waals surface area (Å²) in [6.07, 6.45) is 7.02. The first kappa shape index (κ1) is 7.52. The molecule has 0 amide bonds. The van der Waals surface area contributed by atoms with Crippen molar-refractivity contribution < 1.29 is 0 Å². The van der Waals surface area contributed by atoms with Crippen molar-refractivity contribution in [3.8, 4) is 0 Å². The van der Waals surface area contributed by atoms with Crippen LogP contribution in [0.3, 0.4) is 0 Å². The summed E-state index contributed by atoms with van der Waals surface area (Å²) in [5, 5.41) is 0. The molecule has 1 aliphatic carbocycles. The summed E-state index contributed by atoms with van der Waals surface area (Å²) in [4.78, 5) is 4.32. The van der Waals surface area contributed by atoms with Gasteiger partial charge in [0, 0.05) is 11.9 Å². The van der Waals surface area contributed by atoms with Crippen LogP contribution in [0.1, 0.15) is 39.5 Å². The Morgan fingerprint density at radius 1 is 1.30 bits per heavy atom. The predicted molar refractivity (Wildman–Crippen MR) is 45.3 cm³/mol. The molecule has 1 nitrogen and oxygen atoms in total. The summed E-state index contributed by atoms with van der Waals surface area (Å²) < 4.78 is 0. The molecule has 10 heavy (non-hydrogen) atoms. The second-order valence-corrected chi connectivity index (χ2v) is 2.82. The maximum absolute atomic E-state index is 4.32. The van der Waals surface area contributed by atoms with Gasteiger partial charge in [-0.2, -0.15) is 0 Å². The second kappa shape index (κ2) is 3.55. The van der Waals surface area contributed by atoms with Gasteiger partial charge in [0.05, 0.1) is 0 Å². The van der Waals surface area contributed by atoms with E-state index in [4.69, 9.17) is 0 Å². The van der Waals surface area contributed by atoms with Gasteiger partial charge in [-0.05, 0) is 39.5 Å². The third-order valence-electron chi connectivity index (χ3n) is 1.99. The Hall–Kier alpha value is -0.590. The first-order chi connectivity index (χ1) is 4.84. The van der Waals surface area contributed by atoms with Crippen LogP contribution in [0.15, 0.2) is 16.3 Å². The van der Waals surface area contributed by atoms with E-state index in [9.17, 15) is 0 Å². The van der Waals surface area contributed by atoms with Crippen molar-refractivity contribution in [3.63, 3.8) is 0 Å². The SMILES string of the molecule is CC=NC1=C(C)CCCC1. The van der Waals surface area contributed by atoms with Crippen LogP contribution >= 0.6 is 0 Å². The molecule has 0 fully saturated rings. The van der Waals surface area contributed by atoms with E-state index in [0.717, 1.165) is 0 Å². The predicted octanol–water partition coefficient (Wildman–Crippen LogP) is 2.93. The molecule has 1 heteroatoms. The van der Waals surface area contributed by atoms with E-state index >= 15 is 0 Å². The Morgan fingerprint density at radius 3 is 2.60 bits per heavy atom. The Bertz CT molecular complexity index is 166. The van der Waals surface area contributed by atoms with Crippen molar-refractivity contribution >= 4 is 6.21 Å². The molecule has 0 atom stereocenters. The highest BCUT2D eigenvalue weighted by atomic mass is 14.7. The minimum atomic E-state index is 1.19. The lowest BCUT2D eigenvalue weighted by Gasteiger charge is -2.12. The Balaban J connectivity index is 2.68. The quantitative estimate of drug-likeness (QED) is 0.493. The molecule has 1 aliphatic rings. The van der Waals surface area contributed by atoms with Crippen LogP contribution in [0.4, 0.5) is 0 Å². The zero-order valence-electron chi connectivity index (χ0n) is 6.85. The van der Waals surface area contributed by atoms with E-state index < -0.39 is 0 Å². The van der Waals surface area contributed by atoms with Crippen LogP contribution < -0.4 is 0 Å². The fourth-order valence-electron chi connectivity index (χ4n) is 1.37. The number of hydrogen-bond acceptors (Lipinski definition) is 1. The van der Waals surface area contributed by atoms with Crippen molar-refractivity contribution in [2.24, 2.45) is 4.99 Å². The van der Waals surface area contributed by atoms with Gasteiger partial charge in [-0.3, -0.25) is 4.99 Å². The lowest BCUT2D eigenvalue weighted by molar-refractivity contribution is 0.668. The Morgan fingerprint density at radius 2 is 2.00 bits per heavy atom. The number of allylic oxidation sites excluding steroid dienone is 2. The van der Waals surface area contributed by atoms with E-state index in [1.54, 1.807) is 0 Å². The van der Waals surface area contributed by atoms with Gasteiger partial charge in [0.25, 0.3) is 0 Å². The van der Waals surface area contributed by atoms with Gasteiger partial charge in [0.15, 0.2) is 0 Å². The summed E-state index contributed by atoms with van der Waals surface area (Å²) in [5.41, 5.74) is 2.82. The van der Waals surface area contributed by atoms with Crippen LogP contribution in [-0.2, 0) is 0 Å². The third-order valence-corrected chi connectivity index (χ3v) is 1.99. The number of rotatable bonds is 1. The minimum Gasteiger partial charge on any atom is -0.266 e. The van der Waals surface area contributed by atoms with Crippen molar-refractivity contribution in [2.45, 2.75) is 39.5 Å². The van der Waals surface area contributed by atoms with E-state index in [1.807, 2.05) is 13.1 Å². The molecule has 1 rings (SSSR count). The van der Waals surface area contributed by atoms with Gasteiger partial charge >= 0.3 is 0 Å². The van der Waals surface area contributed by atoms with Gasteiger partial charge < -0.3 is 0 Å². The smallest absolute Gasteiger partial charge is 0.0388 e. The van der Waals surface area contributed by atoms with Gasteiger partial charge in [0.1, 0.15) is 0 Å². The molecule has 0 saturated carbocycles. The van der Waals surface area contributed by atoms with E-state index in [2.05, 4.69) is 11.9 Å². The van der Waals surface area contributed by atoms with Crippen molar-refractivity contribution in [1.82, 2.24) is 0 Å². The fourth-order valence-corrected chi connectivity index (χ4v) is 1.37. The minimum absolute atomic E-state index is 1.19. The average Bonchev–Trinajstić information content (AvgIpc) is 1.94. The van der Waals surface area contributed by atoms with Crippen LogP contribution in [0.2, 0.25) is 0 Å². The molecule has 0 spiro atoms. The van der Waals surface area contributed by atoms with E-state index in [-0.39, 0.29) is 0 Å². The number of hydrogen-bond donors (Lipinski definition) is 0. The normalized spacial score (nSPS) is 20.6. The van der Waals surface area contributed by atoms with E-state index in [0.29, 0.717) is 0 Å². The van der Waals surface area contributed by atoms with Gasteiger partial charge in [-0.25, -0.2) is 0 Å². The number of aliphatic imine (C=N–C) groups is 1. The highest BCUT2D eigenvalue weighted by molar-refractivity contribution is 5.55. The summed E-state index contributed by atoms with van der Waals surface area (Å²) in [7, 11) is 0. The first-order valence-corrected chi connectivity index (χ1v) is 4.02. The highest BCUT2D eigenvalue weighted by Gasteiger charge is 2.06. The largest absolute Gasteiger partial charge is 0.266 e. The molecule has 0 unspecified atom stereocenters. The molecule has 56 valence electrons. The van der Waals surface area contributed by atoms with Crippen molar-refractivity contribution in [3.05, 3.63) is 11.3 Å². The summed E-state index contributed by atoms with van der Waals surface area (Å²) in [6.45, 7) is 4.18. The molecule has 0 aliphatic heterocycles. The van der Waals surface area contributed by atoms with Crippen LogP contribution in [0, 0.1) is 0 Å². The van der Waals surface area contributed by atoms with Crippen molar-refractivity contribution in [2.75, 3.05) is 0 Å². The van der Waals surface area contributed by atoms with E-state index in [1.165, 1.54) is 37.0 Å². The molecule has 0 saturated heterocycles. The van der Waals surface area contributed by atoms with Crippen LogP contribution in [-0.4, -0.2) is 6.21 Å². The lowest BCUT2D eigenvalue weighted by Crippen LogP contribution is -1.94. The molecule has 0 bridgehead atoms. The van der Waals surface area contributed by atoms with Gasteiger partial charge in [-0.15, -0.1) is 0 Å². The standard InChI is InChI=1S/C9H15N/c1-3-10-9-7-5-4-6-8(9)2/h3H,4-7H2,1-2H3. The molecular formula is C9H15N. The second-order valence-electron chi connectivity index (χ2n) is 2.82. The molecule has 0 radical (unpaired) electrons. The summed E-state index contributed by atoms with van der Waals surface area (Å²) >= 11 is 0. The number of nitrogens with zero attached hydrogens (tertiary/aromatic N) is 1. The maximum Gasteiger partial charge on any atom is 0.0388 e. The van der Waals surface area contributed by atoms with Crippen molar-refractivity contribution in [1.29, 1.82) is 0 Å².